The van der Waals surface area contributed by atoms with Gasteiger partial charge in [-0.1, -0.05) is 32.4 Å². The highest BCUT2D eigenvalue weighted by molar-refractivity contribution is 6.08. The zero-order valence-electron chi connectivity index (χ0n) is 13.0. The van der Waals surface area contributed by atoms with E-state index in [0.29, 0.717) is 6.42 Å². The van der Waals surface area contributed by atoms with E-state index in [9.17, 15) is 4.79 Å². The first kappa shape index (κ1) is 16.1. The highest BCUT2D eigenvalue weighted by Gasteiger charge is 2.30. The second-order valence-electron chi connectivity index (χ2n) is 5.25. The summed E-state index contributed by atoms with van der Waals surface area (Å²) in [5, 5.41) is 12.1. The Balaban J connectivity index is 2.12. The van der Waals surface area contributed by atoms with E-state index >= 15 is 0 Å². The minimum atomic E-state index is -0.986. The Kier molecular flexibility index (Phi) is 5.20. The van der Waals surface area contributed by atoms with Crippen molar-refractivity contribution in [1.29, 1.82) is 0 Å². The fraction of sp³-hybridized carbons (Fsp3) is 0.412. The van der Waals surface area contributed by atoms with Crippen molar-refractivity contribution in [3.05, 3.63) is 41.6 Å². The van der Waals surface area contributed by atoms with Gasteiger partial charge in [0.1, 0.15) is 5.75 Å². The second-order valence-corrected chi connectivity index (χ2v) is 5.25. The maximum absolute atomic E-state index is 10.9. The van der Waals surface area contributed by atoms with Gasteiger partial charge in [-0.05, 0) is 30.5 Å². The lowest BCUT2D eigenvalue weighted by atomic mass is 9.95. The molecule has 0 spiro atoms. The maximum Gasteiger partial charge on any atom is 0.338 e. The smallest absolute Gasteiger partial charge is 0.338 e. The Morgan fingerprint density at radius 3 is 2.55 bits per heavy atom. The number of hydrogen-bond donors (Lipinski definition) is 2. The number of rotatable bonds is 7. The fourth-order valence-corrected chi connectivity index (χ4v) is 2.28. The molecule has 2 N–H and O–H groups in total. The molecule has 1 aliphatic heterocycles. The summed E-state index contributed by atoms with van der Waals surface area (Å²) in [5.41, 5.74) is 0.527. The molecule has 0 radical (unpaired) electrons. The summed E-state index contributed by atoms with van der Waals surface area (Å²) in [4.78, 5) is 15.4. The van der Waals surface area contributed by atoms with Gasteiger partial charge in [0, 0.05) is 12.4 Å². The third-order valence-corrected chi connectivity index (χ3v) is 3.75. The van der Waals surface area contributed by atoms with Crippen LogP contribution < -0.4 is 10.1 Å². The molecule has 1 aromatic rings. The molecule has 0 saturated carbocycles. The molecule has 5 nitrogen and oxygen atoms in total. The van der Waals surface area contributed by atoms with Gasteiger partial charge in [0.15, 0.2) is 5.66 Å². The topological polar surface area (TPSA) is 70.9 Å². The van der Waals surface area contributed by atoms with Crippen molar-refractivity contribution in [3.63, 3.8) is 0 Å². The van der Waals surface area contributed by atoms with Crippen LogP contribution in [-0.2, 0) is 10.5 Å². The normalized spacial score (nSPS) is 20.2. The lowest BCUT2D eigenvalue weighted by Crippen LogP contribution is -2.40. The largest absolute Gasteiger partial charge is 0.494 e. The lowest BCUT2D eigenvalue weighted by Gasteiger charge is -2.32. The van der Waals surface area contributed by atoms with E-state index in [0.717, 1.165) is 30.8 Å². The van der Waals surface area contributed by atoms with Gasteiger partial charge in [0.2, 0.25) is 0 Å². The molecule has 0 fully saturated rings. The minimum absolute atomic E-state index is 0.156. The van der Waals surface area contributed by atoms with Crippen molar-refractivity contribution >= 4 is 12.2 Å². The van der Waals surface area contributed by atoms with Gasteiger partial charge in [-0.3, -0.25) is 4.99 Å². The SMILES string of the molecule is CCCCOc1ccc(C2(CC)N=CC(C(=O)O)=CN2)cc1. The highest BCUT2D eigenvalue weighted by atomic mass is 16.5. The Hall–Kier alpha value is -2.30. The first-order valence-corrected chi connectivity index (χ1v) is 7.61. The Bertz CT molecular complexity index is 578. The van der Waals surface area contributed by atoms with Crippen LogP contribution in [0.1, 0.15) is 38.7 Å². The summed E-state index contributed by atoms with van der Waals surface area (Å²) in [6, 6.07) is 7.79. The van der Waals surface area contributed by atoms with Gasteiger partial charge < -0.3 is 15.2 Å². The molecule has 1 heterocycles. The van der Waals surface area contributed by atoms with Crippen molar-refractivity contribution in [2.24, 2.45) is 4.99 Å². The minimum Gasteiger partial charge on any atom is -0.494 e. The van der Waals surface area contributed by atoms with E-state index in [1.165, 1.54) is 12.4 Å². The van der Waals surface area contributed by atoms with Crippen LogP contribution in [0.15, 0.2) is 41.0 Å². The Morgan fingerprint density at radius 1 is 1.32 bits per heavy atom. The van der Waals surface area contributed by atoms with Crippen molar-refractivity contribution < 1.29 is 14.6 Å². The van der Waals surface area contributed by atoms with Crippen molar-refractivity contribution in [2.75, 3.05) is 6.61 Å². The van der Waals surface area contributed by atoms with Crippen LogP contribution >= 0.6 is 0 Å². The summed E-state index contributed by atoms with van der Waals surface area (Å²) in [7, 11) is 0. The van der Waals surface area contributed by atoms with Crippen LogP contribution in [0.25, 0.3) is 0 Å². The molecule has 2 rings (SSSR count). The predicted molar refractivity (Wildman–Crippen MR) is 86.2 cm³/mol. The number of aliphatic carboxylic acids is 1. The van der Waals surface area contributed by atoms with Crippen LogP contribution in [0, 0.1) is 0 Å². The quantitative estimate of drug-likeness (QED) is 0.759. The molecule has 0 amide bonds. The highest BCUT2D eigenvalue weighted by Crippen LogP contribution is 2.30. The summed E-state index contributed by atoms with van der Waals surface area (Å²) in [6.07, 6.45) is 5.77. The first-order chi connectivity index (χ1) is 10.6. The number of nitrogens with zero attached hydrogens (tertiary/aromatic N) is 1. The third kappa shape index (κ3) is 3.47. The zero-order chi connectivity index (χ0) is 16.0. The standard InChI is InChI=1S/C17H22N2O3/c1-3-5-10-22-15-8-6-14(7-9-15)17(4-2)18-11-13(12-19-17)16(20)21/h6-9,11-12,18H,3-5,10H2,1-2H3,(H,20,21). The lowest BCUT2D eigenvalue weighted by molar-refractivity contribution is -0.132. The van der Waals surface area contributed by atoms with Crippen molar-refractivity contribution in [3.8, 4) is 5.75 Å². The monoisotopic (exact) mass is 302 g/mol. The van der Waals surface area contributed by atoms with Crippen LogP contribution in [-0.4, -0.2) is 23.9 Å². The van der Waals surface area contributed by atoms with Gasteiger partial charge in [-0.15, -0.1) is 0 Å². The predicted octanol–water partition coefficient (Wildman–Crippen LogP) is 3.07. The molecule has 22 heavy (non-hydrogen) atoms. The van der Waals surface area contributed by atoms with Crippen molar-refractivity contribution in [1.82, 2.24) is 5.32 Å². The Labute approximate surface area is 130 Å². The molecular formula is C17H22N2O3. The summed E-state index contributed by atoms with van der Waals surface area (Å²) < 4.78 is 5.66. The van der Waals surface area contributed by atoms with Gasteiger partial charge >= 0.3 is 5.97 Å². The van der Waals surface area contributed by atoms with Gasteiger partial charge in [0.05, 0.1) is 12.2 Å². The van der Waals surface area contributed by atoms with E-state index in [1.807, 2.05) is 31.2 Å². The third-order valence-electron chi connectivity index (χ3n) is 3.75. The number of benzene rings is 1. The van der Waals surface area contributed by atoms with E-state index < -0.39 is 11.6 Å². The van der Waals surface area contributed by atoms with Gasteiger partial charge in [-0.25, -0.2) is 4.79 Å². The van der Waals surface area contributed by atoms with Crippen LogP contribution in [0.5, 0.6) is 5.75 Å². The molecule has 1 unspecified atom stereocenters. The molecule has 5 heteroatoms. The van der Waals surface area contributed by atoms with Crippen LogP contribution in [0.3, 0.4) is 0 Å². The second kappa shape index (κ2) is 7.11. The number of unbranched alkanes of at least 4 members (excludes halogenated alkanes) is 1. The number of carbonyl (C=O) groups is 1. The summed E-state index contributed by atoms with van der Waals surface area (Å²) in [6.45, 7) is 4.86. The van der Waals surface area contributed by atoms with Crippen molar-refractivity contribution in [2.45, 2.75) is 38.8 Å². The number of hydrogen-bond acceptors (Lipinski definition) is 4. The van der Waals surface area contributed by atoms with E-state index in [2.05, 4.69) is 17.2 Å². The molecule has 1 aromatic carbocycles. The maximum atomic E-state index is 10.9. The Morgan fingerprint density at radius 2 is 2.05 bits per heavy atom. The molecule has 0 aromatic heterocycles. The first-order valence-electron chi connectivity index (χ1n) is 7.61. The molecule has 1 aliphatic rings. The number of carboxylic acid groups (broad SMARTS) is 1. The van der Waals surface area contributed by atoms with E-state index in [-0.39, 0.29) is 5.57 Å². The molecule has 0 saturated heterocycles. The average molecular weight is 302 g/mol. The number of ether oxygens (including phenoxy) is 1. The van der Waals surface area contributed by atoms with Gasteiger partial charge in [0.25, 0.3) is 0 Å². The summed E-state index contributed by atoms with van der Waals surface area (Å²) in [5.74, 6) is -0.148. The molecule has 0 aliphatic carbocycles. The van der Waals surface area contributed by atoms with E-state index in [1.54, 1.807) is 0 Å². The van der Waals surface area contributed by atoms with Crippen LogP contribution in [0.2, 0.25) is 0 Å². The number of nitrogens with one attached hydrogen (secondary N) is 1. The summed E-state index contributed by atoms with van der Waals surface area (Å²) >= 11 is 0. The number of carboxylic acids is 1. The molecule has 0 bridgehead atoms. The fourth-order valence-electron chi connectivity index (χ4n) is 2.28. The molecule has 1 atom stereocenters. The number of aliphatic imine (C=N–C) groups is 1. The zero-order valence-corrected chi connectivity index (χ0v) is 13.0. The van der Waals surface area contributed by atoms with E-state index in [4.69, 9.17) is 9.84 Å². The average Bonchev–Trinajstić information content (AvgIpc) is 2.55. The molecular weight excluding hydrogens is 280 g/mol. The van der Waals surface area contributed by atoms with Gasteiger partial charge in [-0.2, -0.15) is 0 Å². The van der Waals surface area contributed by atoms with Crippen LogP contribution in [0.4, 0.5) is 0 Å². The molecule has 118 valence electrons.